The van der Waals surface area contributed by atoms with Crippen LogP contribution in [0.3, 0.4) is 0 Å². The zero-order valence-corrected chi connectivity index (χ0v) is 9.94. The highest BCUT2D eigenvalue weighted by Gasteiger charge is 2.28. The van der Waals surface area contributed by atoms with Gasteiger partial charge in [0.05, 0.1) is 12.2 Å². The van der Waals surface area contributed by atoms with Gasteiger partial charge in [-0.15, -0.1) is 0 Å². The van der Waals surface area contributed by atoms with Crippen molar-refractivity contribution < 1.29 is 4.74 Å². The minimum Gasteiger partial charge on any atom is -0.374 e. The molecule has 0 aliphatic heterocycles. The van der Waals surface area contributed by atoms with E-state index in [1.807, 2.05) is 0 Å². The summed E-state index contributed by atoms with van der Waals surface area (Å²) in [6.45, 7) is 9.69. The summed E-state index contributed by atoms with van der Waals surface area (Å²) in [5, 5.41) is 3.45. The minimum atomic E-state index is 0.0533. The summed E-state index contributed by atoms with van der Waals surface area (Å²) < 4.78 is 5.99. The first kappa shape index (κ1) is 12.0. The maximum absolute atomic E-state index is 5.99. The second kappa shape index (κ2) is 5.72. The van der Waals surface area contributed by atoms with Crippen LogP contribution < -0.4 is 5.32 Å². The highest BCUT2D eigenvalue weighted by molar-refractivity contribution is 4.79. The second-order valence-electron chi connectivity index (χ2n) is 4.73. The highest BCUT2D eigenvalue weighted by Crippen LogP contribution is 2.30. The summed E-state index contributed by atoms with van der Waals surface area (Å²) in [5.41, 5.74) is 0.0533. The summed E-state index contributed by atoms with van der Waals surface area (Å²) in [6, 6.07) is 0. The van der Waals surface area contributed by atoms with Crippen molar-refractivity contribution in [2.24, 2.45) is 5.92 Å². The van der Waals surface area contributed by atoms with Gasteiger partial charge in [-0.05, 0) is 45.1 Å². The van der Waals surface area contributed by atoms with Crippen molar-refractivity contribution in [1.29, 1.82) is 0 Å². The molecular weight excluding hydrogens is 174 g/mol. The van der Waals surface area contributed by atoms with Crippen molar-refractivity contribution in [1.82, 2.24) is 5.32 Å². The SMILES string of the molecule is CCCNCC(C)(CC)OCC1CC1. The van der Waals surface area contributed by atoms with Gasteiger partial charge in [0.1, 0.15) is 0 Å². The Kier molecular flexibility index (Phi) is 4.90. The third-order valence-electron chi connectivity index (χ3n) is 3.04. The van der Waals surface area contributed by atoms with Gasteiger partial charge in [-0.3, -0.25) is 0 Å². The van der Waals surface area contributed by atoms with Crippen LogP contribution in [0.1, 0.15) is 46.5 Å². The molecule has 0 radical (unpaired) electrons. The average molecular weight is 199 g/mol. The van der Waals surface area contributed by atoms with Crippen molar-refractivity contribution in [3.8, 4) is 0 Å². The van der Waals surface area contributed by atoms with Crippen LogP contribution in [0.2, 0.25) is 0 Å². The van der Waals surface area contributed by atoms with Crippen molar-refractivity contribution in [3.63, 3.8) is 0 Å². The fraction of sp³-hybridized carbons (Fsp3) is 1.00. The van der Waals surface area contributed by atoms with E-state index in [9.17, 15) is 0 Å². The van der Waals surface area contributed by atoms with Crippen molar-refractivity contribution in [3.05, 3.63) is 0 Å². The molecule has 1 unspecified atom stereocenters. The van der Waals surface area contributed by atoms with Crippen LogP contribution in [-0.2, 0) is 4.74 Å². The molecule has 84 valence electrons. The molecule has 1 rings (SSSR count). The quantitative estimate of drug-likeness (QED) is 0.607. The first-order valence-corrected chi connectivity index (χ1v) is 6.05. The Morgan fingerprint density at radius 1 is 1.36 bits per heavy atom. The maximum atomic E-state index is 5.99. The maximum Gasteiger partial charge on any atom is 0.0775 e. The van der Waals surface area contributed by atoms with Gasteiger partial charge < -0.3 is 10.1 Å². The van der Waals surface area contributed by atoms with E-state index in [-0.39, 0.29) is 5.60 Å². The third kappa shape index (κ3) is 4.43. The first-order valence-electron chi connectivity index (χ1n) is 6.05. The smallest absolute Gasteiger partial charge is 0.0775 e. The van der Waals surface area contributed by atoms with Gasteiger partial charge >= 0.3 is 0 Å². The lowest BCUT2D eigenvalue weighted by Gasteiger charge is -2.29. The van der Waals surface area contributed by atoms with Crippen LogP contribution >= 0.6 is 0 Å². The molecule has 2 heteroatoms. The van der Waals surface area contributed by atoms with Gasteiger partial charge in [-0.2, -0.15) is 0 Å². The molecule has 1 aliphatic rings. The number of nitrogens with one attached hydrogen (secondary N) is 1. The average Bonchev–Trinajstić information content (AvgIpc) is 2.99. The molecule has 0 amide bonds. The fourth-order valence-corrected chi connectivity index (χ4v) is 1.41. The Labute approximate surface area is 88.4 Å². The van der Waals surface area contributed by atoms with Crippen LogP contribution in [0, 0.1) is 5.92 Å². The van der Waals surface area contributed by atoms with Crippen LogP contribution in [-0.4, -0.2) is 25.3 Å². The van der Waals surface area contributed by atoms with Gasteiger partial charge in [-0.1, -0.05) is 13.8 Å². The molecule has 0 spiro atoms. The molecule has 0 bridgehead atoms. The zero-order valence-electron chi connectivity index (χ0n) is 9.94. The monoisotopic (exact) mass is 199 g/mol. The predicted octanol–water partition coefficient (Wildman–Crippen LogP) is 2.58. The van der Waals surface area contributed by atoms with Crippen LogP contribution in [0.4, 0.5) is 0 Å². The fourth-order valence-electron chi connectivity index (χ4n) is 1.41. The molecule has 14 heavy (non-hydrogen) atoms. The predicted molar refractivity (Wildman–Crippen MR) is 60.5 cm³/mol. The van der Waals surface area contributed by atoms with E-state index < -0.39 is 0 Å². The third-order valence-corrected chi connectivity index (χ3v) is 3.04. The summed E-state index contributed by atoms with van der Waals surface area (Å²) in [5.74, 6) is 0.868. The van der Waals surface area contributed by atoms with E-state index in [1.165, 1.54) is 19.3 Å². The van der Waals surface area contributed by atoms with Crippen molar-refractivity contribution >= 4 is 0 Å². The lowest BCUT2D eigenvalue weighted by atomic mass is 10.0. The van der Waals surface area contributed by atoms with Crippen LogP contribution in [0.5, 0.6) is 0 Å². The molecule has 1 saturated carbocycles. The minimum absolute atomic E-state index is 0.0533. The Morgan fingerprint density at radius 3 is 2.57 bits per heavy atom. The Balaban J connectivity index is 2.15. The summed E-state index contributed by atoms with van der Waals surface area (Å²) in [6.07, 6.45) is 5.04. The lowest BCUT2D eigenvalue weighted by Crippen LogP contribution is -2.40. The summed E-state index contributed by atoms with van der Waals surface area (Å²) >= 11 is 0. The van der Waals surface area contributed by atoms with Crippen molar-refractivity contribution in [2.45, 2.75) is 52.1 Å². The van der Waals surface area contributed by atoms with E-state index in [1.54, 1.807) is 0 Å². The highest BCUT2D eigenvalue weighted by atomic mass is 16.5. The summed E-state index contributed by atoms with van der Waals surface area (Å²) in [7, 11) is 0. The number of hydrogen-bond acceptors (Lipinski definition) is 2. The van der Waals surface area contributed by atoms with E-state index in [2.05, 4.69) is 26.1 Å². The largest absolute Gasteiger partial charge is 0.374 e. The Morgan fingerprint density at radius 2 is 2.07 bits per heavy atom. The number of rotatable bonds is 8. The molecule has 0 saturated heterocycles. The van der Waals surface area contributed by atoms with E-state index in [0.717, 1.165) is 32.0 Å². The molecular formula is C12H25NO. The van der Waals surface area contributed by atoms with Gasteiger partial charge in [-0.25, -0.2) is 0 Å². The number of ether oxygens (including phenoxy) is 1. The number of hydrogen-bond donors (Lipinski definition) is 1. The van der Waals surface area contributed by atoms with Gasteiger partial charge in [0.25, 0.3) is 0 Å². The molecule has 0 aromatic carbocycles. The Hall–Kier alpha value is -0.0800. The normalized spacial score (nSPS) is 20.8. The van der Waals surface area contributed by atoms with Gasteiger partial charge in [0.15, 0.2) is 0 Å². The molecule has 1 fully saturated rings. The first-order chi connectivity index (χ1) is 6.70. The molecule has 1 atom stereocenters. The molecule has 0 heterocycles. The van der Waals surface area contributed by atoms with Gasteiger partial charge in [0, 0.05) is 6.54 Å². The summed E-state index contributed by atoms with van der Waals surface area (Å²) in [4.78, 5) is 0. The molecule has 2 nitrogen and oxygen atoms in total. The van der Waals surface area contributed by atoms with Crippen LogP contribution in [0.15, 0.2) is 0 Å². The molecule has 0 aromatic heterocycles. The van der Waals surface area contributed by atoms with E-state index in [4.69, 9.17) is 4.74 Å². The molecule has 1 aliphatic carbocycles. The molecule has 0 aromatic rings. The van der Waals surface area contributed by atoms with E-state index >= 15 is 0 Å². The molecule has 1 N–H and O–H groups in total. The van der Waals surface area contributed by atoms with Crippen LogP contribution in [0.25, 0.3) is 0 Å². The zero-order chi connectivity index (χ0) is 10.4. The topological polar surface area (TPSA) is 21.3 Å². The lowest BCUT2D eigenvalue weighted by molar-refractivity contribution is -0.0381. The van der Waals surface area contributed by atoms with Crippen molar-refractivity contribution in [2.75, 3.05) is 19.7 Å². The standard InChI is InChI=1S/C12H25NO/c1-4-8-13-10-12(3,5-2)14-9-11-6-7-11/h11,13H,4-10H2,1-3H3. The second-order valence-corrected chi connectivity index (χ2v) is 4.73. The van der Waals surface area contributed by atoms with E-state index in [0.29, 0.717) is 0 Å². The Bertz CT molecular complexity index is 156. The van der Waals surface area contributed by atoms with Gasteiger partial charge in [0.2, 0.25) is 0 Å².